The number of carbonyl (C=O) groups is 2. The molecule has 0 aliphatic carbocycles. The third-order valence-electron chi connectivity index (χ3n) is 2.49. The van der Waals surface area contributed by atoms with E-state index in [9.17, 15) is 9.59 Å². The molecule has 0 heterocycles. The van der Waals surface area contributed by atoms with E-state index in [2.05, 4.69) is 10.6 Å². The Morgan fingerprint density at radius 1 is 1.22 bits per heavy atom. The predicted molar refractivity (Wildman–Crippen MR) is 71.2 cm³/mol. The Labute approximate surface area is 108 Å². The highest BCUT2D eigenvalue weighted by atomic mass is 16.2. The van der Waals surface area contributed by atoms with Crippen LogP contribution in [0.25, 0.3) is 0 Å². The molecule has 0 saturated carbocycles. The van der Waals surface area contributed by atoms with Crippen molar-refractivity contribution in [2.45, 2.75) is 39.2 Å². The molecule has 3 amide bonds. The van der Waals surface area contributed by atoms with Crippen LogP contribution < -0.4 is 10.6 Å². The first-order valence-electron chi connectivity index (χ1n) is 6.26. The minimum Gasteiger partial charge on any atom is -0.335 e. The Morgan fingerprint density at radius 2 is 1.89 bits per heavy atom. The number of hydrogen-bond donors (Lipinski definition) is 2. The van der Waals surface area contributed by atoms with Gasteiger partial charge in [0, 0.05) is 12.5 Å². The largest absolute Gasteiger partial charge is 0.335 e. The number of urea groups is 1. The molecule has 2 N–H and O–H groups in total. The van der Waals surface area contributed by atoms with Crippen LogP contribution in [-0.2, 0) is 11.2 Å². The molecule has 1 rings (SSSR count). The highest BCUT2D eigenvalue weighted by Gasteiger charge is 2.10. The summed E-state index contributed by atoms with van der Waals surface area (Å²) in [5.41, 5.74) is 1.16. The second-order valence-corrected chi connectivity index (χ2v) is 4.36. The molecule has 0 aliphatic rings. The standard InChI is InChI=1S/C14H20N2O2/c1-3-7-13(17)16-14(18)15-11(2)10-12-8-5-4-6-9-12/h4-6,8-9,11H,3,7,10H2,1-2H3,(H2,15,16,17,18). The third-order valence-corrected chi connectivity index (χ3v) is 2.49. The van der Waals surface area contributed by atoms with E-state index in [1.54, 1.807) is 0 Å². The van der Waals surface area contributed by atoms with Crippen molar-refractivity contribution in [1.82, 2.24) is 10.6 Å². The maximum atomic E-state index is 11.5. The molecule has 1 unspecified atom stereocenters. The molecule has 0 bridgehead atoms. The zero-order valence-corrected chi connectivity index (χ0v) is 10.9. The quantitative estimate of drug-likeness (QED) is 0.839. The van der Waals surface area contributed by atoms with Crippen molar-refractivity contribution in [3.63, 3.8) is 0 Å². The average molecular weight is 248 g/mol. The molecule has 0 aromatic heterocycles. The minimum atomic E-state index is -0.420. The Balaban J connectivity index is 2.34. The van der Waals surface area contributed by atoms with Crippen molar-refractivity contribution >= 4 is 11.9 Å². The Kier molecular flexibility index (Phi) is 5.91. The zero-order valence-electron chi connectivity index (χ0n) is 10.9. The summed E-state index contributed by atoms with van der Waals surface area (Å²) < 4.78 is 0. The van der Waals surface area contributed by atoms with Gasteiger partial charge in [0.25, 0.3) is 0 Å². The lowest BCUT2D eigenvalue weighted by atomic mass is 10.1. The summed E-state index contributed by atoms with van der Waals surface area (Å²) in [5, 5.41) is 5.06. The van der Waals surface area contributed by atoms with E-state index in [-0.39, 0.29) is 11.9 Å². The van der Waals surface area contributed by atoms with E-state index in [1.807, 2.05) is 44.2 Å². The number of carbonyl (C=O) groups excluding carboxylic acids is 2. The fourth-order valence-corrected chi connectivity index (χ4v) is 1.69. The van der Waals surface area contributed by atoms with Crippen molar-refractivity contribution < 1.29 is 9.59 Å². The molecule has 0 radical (unpaired) electrons. The summed E-state index contributed by atoms with van der Waals surface area (Å²) in [6, 6.07) is 9.48. The van der Waals surface area contributed by atoms with Gasteiger partial charge >= 0.3 is 6.03 Å². The lowest BCUT2D eigenvalue weighted by Gasteiger charge is -2.14. The molecule has 98 valence electrons. The number of benzene rings is 1. The number of nitrogens with one attached hydrogen (secondary N) is 2. The van der Waals surface area contributed by atoms with Crippen LogP contribution in [0.3, 0.4) is 0 Å². The summed E-state index contributed by atoms with van der Waals surface area (Å²) in [6.45, 7) is 3.81. The summed E-state index contributed by atoms with van der Waals surface area (Å²) in [4.78, 5) is 22.7. The zero-order chi connectivity index (χ0) is 13.4. The highest BCUT2D eigenvalue weighted by molar-refractivity contribution is 5.94. The van der Waals surface area contributed by atoms with Gasteiger partial charge in [0.15, 0.2) is 0 Å². The summed E-state index contributed by atoms with van der Waals surface area (Å²) in [6.07, 6.45) is 1.86. The van der Waals surface area contributed by atoms with Crippen molar-refractivity contribution in [1.29, 1.82) is 0 Å². The van der Waals surface area contributed by atoms with Crippen LogP contribution in [0.15, 0.2) is 30.3 Å². The van der Waals surface area contributed by atoms with Crippen LogP contribution in [0.4, 0.5) is 4.79 Å². The Bertz CT molecular complexity index is 390. The van der Waals surface area contributed by atoms with E-state index >= 15 is 0 Å². The van der Waals surface area contributed by atoms with E-state index in [0.29, 0.717) is 6.42 Å². The van der Waals surface area contributed by atoms with Crippen LogP contribution in [-0.4, -0.2) is 18.0 Å². The monoisotopic (exact) mass is 248 g/mol. The van der Waals surface area contributed by atoms with Gasteiger partial charge in [-0.15, -0.1) is 0 Å². The predicted octanol–water partition coefficient (Wildman–Crippen LogP) is 2.24. The van der Waals surface area contributed by atoms with Gasteiger partial charge in [-0.2, -0.15) is 0 Å². The van der Waals surface area contributed by atoms with E-state index < -0.39 is 6.03 Å². The van der Waals surface area contributed by atoms with E-state index in [4.69, 9.17) is 0 Å². The van der Waals surface area contributed by atoms with Gasteiger partial charge < -0.3 is 5.32 Å². The van der Waals surface area contributed by atoms with Gasteiger partial charge in [0.1, 0.15) is 0 Å². The average Bonchev–Trinajstić information content (AvgIpc) is 2.29. The summed E-state index contributed by atoms with van der Waals surface area (Å²) in [7, 11) is 0. The smallest absolute Gasteiger partial charge is 0.321 e. The lowest BCUT2D eigenvalue weighted by Crippen LogP contribution is -2.44. The molecule has 0 aliphatic heterocycles. The summed E-state index contributed by atoms with van der Waals surface area (Å²) >= 11 is 0. The molecule has 0 saturated heterocycles. The molecule has 4 nitrogen and oxygen atoms in total. The number of imide groups is 1. The minimum absolute atomic E-state index is 0.0122. The number of amides is 3. The normalized spacial score (nSPS) is 11.7. The fraction of sp³-hybridized carbons (Fsp3) is 0.429. The molecule has 0 spiro atoms. The molecule has 1 aromatic rings. The van der Waals surface area contributed by atoms with Gasteiger partial charge in [-0.1, -0.05) is 37.3 Å². The number of hydrogen-bond acceptors (Lipinski definition) is 2. The maximum absolute atomic E-state index is 11.5. The third kappa shape index (κ3) is 5.48. The molecular formula is C14H20N2O2. The SMILES string of the molecule is CCCC(=O)NC(=O)NC(C)Cc1ccccc1. The van der Waals surface area contributed by atoms with E-state index in [0.717, 1.165) is 18.4 Å². The highest BCUT2D eigenvalue weighted by Crippen LogP contribution is 2.02. The van der Waals surface area contributed by atoms with Gasteiger partial charge in [0.05, 0.1) is 0 Å². The van der Waals surface area contributed by atoms with Gasteiger partial charge in [-0.25, -0.2) is 4.79 Å². The van der Waals surface area contributed by atoms with Crippen LogP contribution in [0, 0.1) is 0 Å². The van der Waals surface area contributed by atoms with Crippen LogP contribution in [0.1, 0.15) is 32.3 Å². The van der Waals surface area contributed by atoms with Crippen LogP contribution >= 0.6 is 0 Å². The van der Waals surface area contributed by atoms with Crippen molar-refractivity contribution in [3.8, 4) is 0 Å². The van der Waals surface area contributed by atoms with Gasteiger partial charge in [-0.05, 0) is 25.3 Å². The molecule has 18 heavy (non-hydrogen) atoms. The van der Waals surface area contributed by atoms with Crippen molar-refractivity contribution in [2.75, 3.05) is 0 Å². The Hall–Kier alpha value is -1.84. The van der Waals surface area contributed by atoms with Crippen molar-refractivity contribution in [2.24, 2.45) is 0 Å². The number of rotatable bonds is 5. The van der Waals surface area contributed by atoms with Crippen LogP contribution in [0.5, 0.6) is 0 Å². The topological polar surface area (TPSA) is 58.2 Å². The molecule has 4 heteroatoms. The summed E-state index contributed by atoms with van der Waals surface area (Å²) in [5.74, 6) is -0.234. The molecule has 1 aromatic carbocycles. The van der Waals surface area contributed by atoms with Gasteiger partial charge in [-0.3, -0.25) is 10.1 Å². The maximum Gasteiger partial charge on any atom is 0.321 e. The first kappa shape index (κ1) is 14.2. The molecule has 0 fully saturated rings. The second-order valence-electron chi connectivity index (χ2n) is 4.36. The van der Waals surface area contributed by atoms with Gasteiger partial charge in [0.2, 0.25) is 5.91 Å². The second kappa shape index (κ2) is 7.48. The van der Waals surface area contributed by atoms with E-state index in [1.165, 1.54) is 0 Å². The van der Waals surface area contributed by atoms with Crippen LogP contribution in [0.2, 0.25) is 0 Å². The fourth-order valence-electron chi connectivity index (χ4n) is 1.69. The molecule has 1 atom stereocenters. The first-order valence-corrected chi connectivity index (χ1v) is 6.26. The molecular weight excluding hydrogens is 228 g/mol. The van der Waals surface area contributed by atoms with Crippen molar-refractivity contribution in [3.05, 3.63) is 35.9 Å². The lowest BCUT2D eigenvalue weighted by molar-refractivity contribution is -0.120. The first-order chi connectivity index (χ1) is 8.61. The Morgan fingerprint density at radius 3 is 2.50 bits per heavy atom.